The fourth-order valence-corrected chi connectivity index (χ4v) is 5.80. The maximum absolute atomic E-state index is 13.2. The number of carbonyl (C=O) groups excluding carboxylic acids is 1. The monoisotopic (exact) mass is 565 g/mol. The molecule has 8 nitrogen and oxygen atoms in total. The SMILES string of the molecule is CC(c1ccc(-c2ccccc2N(C(=O)c2ccccc2)S(=O)O)cc1)c1cc(C(=O)O)nc2[nH]c(C3CC3)cc12. The Morgan fingerprint density at radius 2 is 1.66 bits per heavy atom. The van der Waals surface area contributed by atoms with Gasteiger partial charge in [-0.25, -0.2) is 18.3 Å². The number of rotatable bonds is 8. The van der Waals surface area contributed by atoms with Crippen molar-refractivity contribution >= 4 is 39.9 Å². The molecule has 41 heavy (non-hydrogen) atoms. The van der Waals surface area contributed by atoms with Gasteiger partial charge in [-0.15, -0.1) is 0 Å². The first kappa shape index (κ1) is 26.6. The summed E-state index contributed by atoms with van der Waals surface area (Å²) in [6.45, 7) is 2.03. The van der Waals surface area contributed by atoms with Crippen LogP contribution < -0.4 is 4.31 Å². The van der Waals surface area contributed by atoms with Gasteiger partial charge in [0.1, 0.15) is 5.65 Å². The highest BCUT2D eigenvalue weighted by molar-refractivity contribution is 7.81. The zero-order chi connectivity index (χ0) is 28.7. The van der Waals surface area contributed by atoms with Gasteiger partial charge in [0.15, 0.2) is 5.69 Å². The van der Waals surface area contributed by atoms with E-state index in [1.165, 1.54) is 0 Å². The van der Waals surface area contributed by atoms with Crippen molar-refractivity contribution in [1.82, 2.24) is 9.97 Å². The Balaban J connectivity index is 1.36. The second-order valence-electron chi connectivity index (χ2n) is 10.2. The number of hydrogen-bond donors (Lipinski definition) is 3. The molecule has 3 N–H and O–H groups in total. The number of fused-ring (bicyclic) bond motifs is 1. The van der Waals surface area contributed by atoms with Crippen LogP contribution in [0.5, 0.6) is 0 Å². The van der Waals surface area contributed by atoms with E-state index in [1.54, 1.807) is 54.6 Å². The van der Waals surface area contributed by atoms with Crippen LogP contribution in [0.3, 0.4) is 0 Å². The minimum absolute atomic E-state index is 0.00530. The Bertz CT molecular complexity index is 1800. The number of aromatic amines is 1. The van der Waals surface area contributed by atoms with Crippen molar-refractivity contribution in [3.05, 3.63) is 119 Å². The first-order chi connectivity index (χ1) is 19.8. The Hall–Kier alpha value is -4.60. The molecule has 1 aliphatic rings. The van der Waals surface area contributed by atoms with Crippen molar-refractivity contribution in [3.8, 4) is 11.1 Å². The molecule has 1 fully saturated rings. The van der Waals surface area contributed by atoms with Crippen molar-refractivity contribution in [3.63, 3.8) is 0 Å². The van der Waals surface area contributed by atoms with Crippen molar-refractivity contribution in [2.45, 2.75) is 31.6 Å². The van der Waals surface area contributed by atoms with Gasteiger partial charge < -0.3 is 10.1 Å². The second kappa shape index (κ2) is 10.8. The highest BCUT2D eigenvalue weighted by Crippen LogP contribution is 2.42. The average Bonchev–Trinajstić information content (AvgIpc) is 3.75. The molecule has 6 rings (SSSR count). The molecule has 0 radical (unpaired) electrons. The molecular weight excluding hydrogens is 538 g/mol. The van der Waals surface area contributed by atoms with E-state index in [9.17, 15) is 23.5 Å². The third-order valence-corrected chi connectivity index (χ3v) is 8.24. The largest absolute Gasteiger partial charge is 0.477 e. The van der Waals surface area contributed by atoms with Crippen molar-refractivity contribution in [1.29, 1.82) is 0 Å². The van der Waals surface area contributed by atoms with Crippen LogP contribution in [-0.4, -0.2) is 35.7 Å². The molecule has 2 atom stereocenters. The quantitative estimate of drug-likeness (QED) is 0.179. The van der Waals surface area contributed by atoms with Crippen LogP contribution in [-0.2, 0) is 11.3 Å². The summed E-state index contributed by atoms with van der Waals surface area (Å²) in [5.41, 5.74) is 5.50. The molecule has 0 aliphatic heterocycles. The van der Waals surface area contributed by atoms with Crippen molar-refractivity contribution in [2.24, 2.45) is 0 Å². The molecule has 3 aromatic carbocycles. The molecule has 5 aromatic rings. The summed E-state index contributed by atoms with van der Waals surface area (Å²) in [6, 6.07) is 26.8. The maximum Gasteiger partial charge on any atom is 0.354 e. The molecule has 0 spiro atoms. The summed E-state index contributed by atoms with van der Waals surface area (Å²) < 4.78 is 23.4. The summed E-state index contributed by atoms with van der Waals surface area (Å²) in [7, 11) is 0. The molecule has 1 aliphatic carbocycles. The Morgan fingerprint density at radius 1 is 0.976 bits per heavy atom. The number of carbonyl (C=O) groups is 2. The lowest BCUT2D eigenvalue weighted by atomic mass is 9.90. The average molecular weight is 566 g/mol. The predicted molar refractivity (Wildman–Crippen MR) is 158 cm³/mol. The van der Waals surface area contributed by atoms with E-state index >= 15 is 0 Å². The lowest BCUT2D eigenvalue weighted by molar-refractivity contribution is 0.0690. The molecule has 206 valence electrons. The molecule has 0 bridgehead atoms. The molecule has 2 unspecified atom stereocenters. The van der Waals surface area contributed by atoms with Crippen LogP contribution in [0.1, 0.15) is 69.3 Å². The van der Waals surface area contributed by atoms with Gasteiger partial charge in [-0.1, -0.05) is 67.6 Å². The second-order valence-corrected chi connectivity index (χ2v) is 11.0. The summed E-state index contributed by atoms with van der Waals surface area (Å²) in [5, 5.41) is 10.6. The van der Waals surface area contributed by atoms with E-state index < -0.39 is 23.1 Å². The van der Waals surface area contributed by atoms with Gasteiger partial charge in [-0.05, 0) is 65.8 Å². The highest BCUT2D eigenvalue weighted by Gasteiger charge is 2.28. The topological polar surface area (TPSA) is 124 Å². The lowest BCUT2D eigenvalue weighted by Crippen LogP contribution is -2.32. The van der Waals surface area contributed by atoms with Crippen LogP contribution in [0.15, 0.2) is 91.0 Å². The molecule has 1 saturated carbocycles. The van der Waals surface area contributed by atoms with Gasteiger partial charge in [0.25, 0.3) is 17.2 Å². The number of amides is 1. The number of benzene rings is 3. The summed E-state index contributed by atoms with van der Waals surface area (Å²) in [6.07, 6.45) is 2.23. The van der Waals surface area contributed by atoms with Crippen LogP contribution >= 0.6 is 0 Å². The smallest absolute Gasteiger partial charge is 0.354 e. The maximum atomic E-state index is 13.2. The van der Waals surface area contributed by atoms with Crippen LogP contribution in [0.25, 0.3) is 22.2 Å². The van der Waals surface area contributed by atoms with Crippen molar-refractivity contribution < 1.29 is 23.5 Å². The molecule has 2 aromatic heterocycles. The number of carboxylic acids is 1. The van der Waals surface area contributed by atoms with Gasteiger partial charge in [-0.2, -0.15) is 0 Å². The number of nitrogens with one attached hydrogen (secondary N) is 1. The number of aromatic nitrogens is 2. The summed E-state index contributed by atoms with van der Waals surface area (Å²) >= 11 is -2.60. The van der Waals surface area contributed by atoms with Gasteiger partial charge in [0, 0.05) is 28.1 Å². The number of pyridine rings is 1. The summed E-state index contributed by atoms with van der Waals surface area (Å²) in [5.74, 6) is -1.32. The summed E-state index contributed by atoms with van der Waals surface area (Å²) in [4.78, 5) is 32.7. The van der Waals surface area contributed by atoms with Gasteiger partial charge in [0.2, 0.25) is 0 Å². The van der Waals surface area contributed by atoms with Gasteiger partial charge >= 0.3 is 5.97 Å². The lowest BCUT2D eigenvalue weighted by Gasteiger charge is -2.21. The number of nitrogens with zero attached hydrogens (tertiary/aromatic N) is 2. The predicted octanol–water partition coefficient (Wildman–Crippen LogP) is 6.74. The molecule has 2 heterocycles. The molecule has 9 heteroatoms. The Labute approximate surface area is 239 Å². The Morgan fingerprint density at radius 3 is 2.32 bits per heavy atom. The van der Waals surface area contributed by atoms with E-state index in [0.29, 0.717) is 28.4 Å². The first-order valence-electron chi connectivity index (χ1n) is 13.3. The number of para-hydroxylation sites is 1. The van der Waals surface area contributed by atoms with Crippen molar-refractivity contribution in [2.75, 3.05) is 4.31 Å². The van der Waals surface area contributed by atoms with E-state index in [-0.39, 0.29) is 11.6 Å². The van der Waals surface area contributed by atoms with E-state index in [1.807, 2.05) is 37.3 Å². The number of carboxylic acid groups (broad SMARTS) is 1. The van der Waals surface area contributed by atoms with Crippen LogP contribution in [0.4, 0.5) is 5.69 Å². The Kier molecular flexibility index (Phi) is 6.98. The molecular formula is C32H27N3O5S. The normalized spacial score (nSPS) is 14.5. The van der Waals surface area contributed by atoms with Crippen LogP contribution in [0.2, 0.25) is 0 Å². The first-order valence-corrected chi connectivity index (χ1v) is 14.3. The number of anilines is 1. The zero-order valence-corrected chi connectivity index (χ0v) is 23.0. The van der Waals surface area contributed by atoms with E-state index in [4.69, 9.17) is 0 Å². The fourth-order valence-electron chi connectivity index (χ4n) is 5.22. The number of H-pyrrole nitrogens is 1. The van der Waals surface area contributed by atoms with E-state index in [0.717, 1.165) is 44.9 Å². The van der Waals surface area contributed by atoms with Crippen LogP contribution in [0, 0.1) is 0 Å². The number of hydrogen-bond acceptors (Lipinski definition) is 4. The third-order valence-electron chi connectivity index (χ3n) is 7.56. The standard InChI is InChI=1S/C32H27N3O5S/c1-19(25-17-28(32(37)38)34-30-26(25)18-27(33-30)22-15-16-22)20-11-13-21(14-12-20)24-9-5-6-10-29(24)35(41(39)40)31(36)23-7-3-2-4-8-23/h2-14,17-19,22H,15-16H2,1H3,(H,33,34)(H,37,38)(H,39,40). The minimum Gasteiger partial charge on any atom is -0.477 e. The molecule has 0 saturated heterocycles. The van der Waals surface area contributed by atoms with Gasteiger partial charge in [-0.3, -0.25) is 9.35 Å². The zero-order valence-electron chi connectivity index (χ0n) is 22.2. The molecule has 1 amide bonds. The van der Waals surface area contributed by atoms with E-state index in [2.05, 4.69) is 16.0 Å². The fraction of sp³-hybridized carbons (Fsp3) is 0.156. The third kappa shape index (κ3) is 5.17. The number of aromatic carboxylic acids is 1. The minimum atomic E-state index is -2.60. The van der Waals surface area contributed by atoms with Gasteiger partial charge in [0.05, 0.1) is 5.69 Å². The highest BCUT2D eigenvalue weighted by atomic mass is 32.2.